The molecule has 3 heterocycles. The molecule has 1 N–H and O–H groups in total. The average Bonchev–Trinajstić information content (AvgIpc) is 2.80. The van der Waals surface area contributed by atoms with E-state index in [9.17, 15) is 5.11 Å². The summed E-state index contributed by atoms with van der Waals surface area (Å²) in [5.41, 5.74) is 0.396. The van der Waals surface area contributed by atoms with Gasteiger partial charge in [-0.1, -0.05) is 18.3 Å². The van der Waals surface area contributed by atoms with E-state index in [1.165, 1.54) is 0 Å². The van der Waals surface area contributed by atoms with Crippen molar-refractivity contribution >= 4 is 27.5 Å². The van der Waals surface area contributed by atoms with E-state index >= 15 is 0 Å². The zero-order valence-corrected chi connectivity index (χ0v) is 12.1. The lowest BCUT2D eigenvalue weighted by Gasteiger charge is -2.38. The number of aromatic nitrogens is 3. The lowest BCUT2D eigenvalue weighted by Crippen LogP contribution is -2.44. The van der Waals surface area contributed by atoms with Crippen LogP contribution in [0.15, 0.2) is 6.33 Å². The summed E-state index contributed by atoms with van der Waals surface area (Å²) in [5, 5.41) is 11.3. The topological polar surface area (TPSA) is 62.1 Å². The summed E-state index contributed by atoms with van der Waals surface area (Å²) in [6.07, 6.45) is 4.00. The molecule has 3 rings (SSSR count). The first kappa shape index (κ1) is 12.7. The van der Waals surface area contributed by atoms with Crippen molar-refractivity contribution in [3.05, 3.63) is 11.3 Å². The molecule has 1 fully saturated rings. The number of rotatable bonds is 2. The van der Waals surface area contributed by atoms with Gasteiger partial charge in [0.25, 0.3) is 0 Å². The van der Waals surface area contributed by atoms with Crippen molar-refractivity contribution in [3.8, 4) is 0 Å². The number of anilines is 1. The van der Waals surface area contributed by atoms with Crippen LogP contribution >= 0.6 is 11.3 Å². The first-order valence-electron chi connectivity index (χ1n) is 6.67. The Morgan fingerprint density at radius 3 is 2.79 bits per heavy atom. The minimum absolute atomic E-state index is 0.499. The van der Waals surface area contributed by atoms with Crippen LogP contribution in [0.1, 0.15) is 31.2 Å². The quantitative estimate of drug-likeness (QED) is 0.912. The van der Waals surface area contributed by atoms with Crippen LogP contribution < -0.4 is 4.90 Å². The van der Waals surface area contributed by atoms with Gasteiger partial charge in [-0.25, -0.2) is 15.0 Å². The van der Waals surface area contributed by atoms with Crippen molar-refractivity contribution in [1.29, 1.82) is 0 Å². The minimum atomic E-state index is -0.499. The number of aryl methyl sites for hydroxylation is 1. The molecule has 2 aromatic rings. The Labute approximate surface area is 116 Å². The summed E-state index contributed by atoms with van der Waals surface area (Å²) in [6.45, 7) is 5.69. The molecular weight excluding hydrogens is 260 g/mol. The maximum absolute atomic E-state index is 10.3. The molecule has 19 heavy (non-hydrogen) atoms. The summed E-state index contributed by atoms with van der Waals surface area (Å²) in [6, 6.07) is 0. The first-order chi connectivity index (χ1) is 9.11. The van der Waals surface area contributed by atoms with Gasteiger partial charge in [0.2, 0.25) is 0 Å². The molecule has 2 aromatic heterocycles. The Balaban J connectivity index is 1.89. The Hall–Kier alpha value is -1.27. The van der Waals surface area contributed by atoms with Crippen LogP contribution in [-0.4, -0.2) is 38.7 Å². The van der Waals surface area contributed by atoms with Gasteiger partial charge in [-0.15, -0.1) is 0 Å². The van der Waals surface area contributed by atoms with Crippen molar-refractivity contribution in [2.24, 2.45) is 0 Å². The van der Waals surface area contributed by atoms with E-state index in [0.717, 1.165) is 53.5 Å². The van der Waals surface area contributed by atoms with Crippen molar-refractivity contribution < 1.29 is 5.11 Å². The number of thiazole rings is 1. The summed E-state index contributed by atoms with van der Waals surface area (Å²) < 4.78 is 0. The van der Waals surface area contributed by atoms with E-state index in [4.69, 9.17) is 0 Å². The molecule has 1 aliphatic heterocycles. The van der Waals surface area contributed by atoms with Crippen molar-refractivity contribution in [2.75, 3.05) is 18.0 Å². The molecule has 0 spiro atoms. The van der Waals surface area contributed by atoms with Gasteiger partial charge in [-0.05, 0) is 26.2 Å². The number of hydrogen-bond acceptors (Lipinski definition) is 6. The summed E-state index contributed by atoms with van der Waals surface area (Å²) in [4.78, 5) is 16.4. The molecule has 1 aliphatic rings. The molecule has 0 bridgehead atoms. The van der Waals surface area contributed by atoms with Gasteiger partial charge < -0.3 is 10.0 Å². The number of hydrogen-bond donors (Lipinski definition) is 1. The Morgan fingerprint density at radius 1 is 1.37 bits per heavy atom. The highest BCUT2D eigenvalue weighted by molar-refractivity contribution is 7.18. The third-order valence-corrected chi connectivity index (χ3v) is 4.81. The monoisotopic (exact) mass is 278 g/mol. The Morgan fingerprint density at radius 2 is 2.11 bits per heavy atom. The SMILES string of the molecule is CCC1(O)CCN(c2ncnc3sc(C)nc23)CC1. The molecule has 6 heteroatoms. The summed E-state index contributed by atoms with van der Waals surface area (Å²) in [5.74, 6) is 0.910. The van der Waals surface area contributed by atoms with E-state index in [1.54, 1.807) is 17.7 Å². The molecule has 5 nitrogen and oxygen atoms in total. The fourth-order valence-corrected chi connectivity index (χ4v) is 3.32. The smallest absolute Gasteiger partial charge is 0.159 e. The molecule has 0 aliphatic carbocycles. The lowest BCUT2D eigenvalue weighted by atomic mass is 9.89. The standard InChI is InChI=1S/C13H18N4OS/c1-3-13(18)4-6-17(7-5-13)11-10-12(15-8-14-11)19-9(2)16-10/h8,18H,3-7H2,1-2H3. The van der Waals surface area contributed by atoms with E-state index < -0.39 is 5.60 Å². The lowest BCUT2D eigenvalue weighted by molar-refractivity contribution is 0.0125. The molecule has 102 valence electrons. The zero-order valence-electron chi connectivity index (χ0n) is 11.3. The largest absolute Gasteiger partial charge is 0.390 e. The van der Waals surface area contributed by atoms with E-state index in [-0.39, 0.29) is 0 Å². The number of nitrogens with zero attached hydrogens (tertiary/aromatic N) is 4. The van der Waals surface area contributed by atoms with E-state index in [2.05, 4.69) is 19.9 Å². The molecule has 0 radical (unpaired) electrons. The minimum Gasteiger partial charge on any atom is -0.390 e. The van der Waals surface area contributed by atoms with Crippen molar-refractivity contribution in [2.45, 2.75) is 38.7 Å². The van der Waals surface area contributed by atoms with Crippen LogP contribution in [0.2, 0.25) is 0 Å². The third-order valence-electron chi connectivity index (χ3n) is 3.93. The highest BCUT2D eigenvalue weighted by atomic mass is 32.1. The van der Waals surface area contributed by atoms with Gasteiger partial charge in [0.1, 0.15) is 16.7 Å². The fourth-order valence-electron chi connectivity index (χ4n) is 2.57. The number of aliphatic hydroxyl groups is 1. The highest BCUT2D eigenvalue weighted by Crippen LogP contribution is 2.31. The van der Waals surface area contributed by atoms with Gasteiger partial charge in [0.15, 0.2) is 5.82 Å². The average molecular weight is 278 g/mol. The van der Waals surface area contributed by atoms with Crippen LogP contribution in [-0.2, 0) is 0 Å². The molecule has 0 saturated carbocycles. The second-order valence-corrected chi connectivity index (χ2v) is 6.33. The van der Waals surface area contributed by atoms with Crippen LogP contribution in [0.25, 0.3) is 10.3 Å². The predicted octanol–water partition coefficient (Wildman–Crippen LogP) is 2.14. The molecular formula is C13H18N4OS. The zero-order chi connectivity index (χ0) is 13.5. The van der Waals surface area contributed by atoms with E-state index in [1.807, 2.05) is 13.8 Å². The second-order valence-electron chi connectivity index (χ2n) is 5.15. The molecule has 1 saturated heterocycles. The van der Waals surface area contributed by atoms with E-state index in [0.29, 0.717) is 0 Å². The molecule has 0 atom stereocenters. The number of fused-ring (bicyclic) bond motifs is 1. The fraction of sp³-hybridized carbons (Fsp3) is 0.615. The molecule has 0 aromatic carbocycles. The van der Waals surface area contributed by atoms with Gasteiger partial charge in [-0.3, -0.25) is 0 Å². The van der Waals surface area contributed by atoms with Crippen molar-refractivity contribution in [1.82, 2.24) is 15.0 Å². The van der Waals surface area contributed by atoms with Crippen LogP contribution in [0.4, 0.5) is 5.82 Å². The predicted molar refractivity (Wildman–Crippen MR) is 76.6 cm³/mol. The third kappa shape index (κ3) is 2.30. The summed E-state index contributed by atoms with van der Waals surface area (Å²) >= 11 is 1.60. The number of piperidine rings is 1. The second kappa shape index (κ2) is 4.68. The van der Waals surface area contributed by atoms with Gasteiger partial charge in [0.05, 0.1) is 10.6 Å². The van der Waals surface area contributed by atoms with Crippen LogP contribution in [0.5, 0.6) is 0 Å². The molecule has 0 amide bonds. The van der Waals surface area contributed by atoms with Gasteiger partial charge >= 0.3 is 0 Å². The maximum Gasteiger partial charge on any atom is 0.159 e. The maximum atomic E-state index is 10.3. The van der Waals surface area contributed by atoms with Crippen molar-refractivity contribution in [3.63, 3.8) is 0 Å². The first-order valence-corrected chi connectivity index (χ1v) is 7.48. The van der Waals surface area contributed by atoms with Crippen LogP contribution in [0.3, 0.4) is 0 Å². The van der Waals surface area contributed by atoms with Gasteiger partial charge in [0, 0.05) is 13.1 Å². The highest BCUT2D eigenvalue weighted by Gasteiger charge is 2.31. The molecule has 0 unspecified atom stereocenters. The van der Waals surface area contributed by atoms with Crippen LogP contribution in [0, 0.1) is 6.92 Å². The normalized spacial score (nSPS) is 19.0. The summed E-state index contributed by atoms with van der Waals surface area (Å²) in [7, 11) is 0. The Kier molecular flexibility index (Phi) is 3.14. The Bertz CT molecular complexity index is 589. The van der Waals surface area contributed by atoms with Gasteiger partial charge in [-0.2, -0.15) is 0 Å².